The van der Waals surface area contributed by atoms with Gasteiger partial charge in [0.25, 0.3) is 0 Å². The lowest BCUT2D eigenvalue weighted by molar-refractivity contribution is 0.669. The molecule has 8 rings (SSSR count). The van der Waals surface area contributed by atoms with E-state index in [1.807, 2.05) is 66.7 Å². The third-order valence-corrected chi connectivity index (χ3v) is 7.91. The highest BCUT2D eigenvalue weighted by atomic mass is 16.3. The number of benzene rings is 6. The van der Waals surface area contributed by atoms with Gasteiger partial charge in [-0.2, -0.15) is 10.5 Å². The average Bonchev–Trinajstić information content (AvgIpc) is 3.62. The first-order valence-corrected chi connectivity index (χ1v) is 13.6. The maximum absolute atomic E-state index is 9.57. The molecule has 0 aliphatic carbocycles. The van der Waals surface area contributed by atoms with Crippen LogP contribution in [-0.2, 0) is 0 Å². The van der Waals surface area contributed by atoms with Crippen LogP contribution in [0.25, 0.3) is 77.3 Å². The molecule has 8 aromatic rings. The van der Waals surface area contributed by atoms with E-state index in [0.717, 1.165) is 77.3 Å². The molecule has 0 unspecified atom stereocenters. The fourth-order valence-electron chi connectivity index (χ4n) is 5.89. The summed E-state index contributed by atoms with van der Waals surface area (Å²) in [5.74, 6) is 0. The minimum atomic E-state index is 0.596. The van der Waals surface area contributed by atoms with Gasteiger partial charge in [0, 0.05) is 27.1 Å². The van der Waals surface area contributed by atoms with Gasteiger partial charge in [0.05, 0.1) is 23.3 Å². The van der Waals surface area contributed by atoms with Crippen molar-refractivity contribution in [3.05, 3.63) is 132 Å². The van der Waals surface area contributed by atoms with E-state index in [9.17, 15) is 10.5 Å². The van der Waals surface area contributed by atoms with Crippen LogP contribution in [0.5, 0.6) is 0 Å². The lowest BCUT2D eigenvalue weighted by Crippen LogP contribution is -1.87. The Morgan fingerprint density at radius 1 is 0.405 bits per heavy atom. The molecule has 4 heteroatoms. The van der Waals surface area contributed by atoms with Crippen molar-refractivity contribution in [2.24, 2.45) is 0 Å². The third-order valence-electron chi connectivity index (χ3n) is 7.91. The van der Waals surface area contributed by atoms with Gasteiger partial charge >= 0.3 is 0 Å². The van der Waals surface area contributed by atoms with Crippen LogP contribution in [0, 0.1) is 22.7 Å². The number of nitriles is 2. The third kappa shape index (κ3) is 3.75. The number of para-hydroxylation sites is 2. The fourth-order valence-corrected chi connectivity index (χ4v) is 5.89. The van der Waals surface area contributed by atoms with Crippen molar-refractivity contribution < 1.29 is 8.83 Å². The summed E-state index contributed by atoms with van der Waals surface area (Å²) in [6, 6.07) is 44.7. The second kappa shape index (κ2) is 9.24. The van der Waals surface area contributed by atoms with Gasteiger partial charge in [-0.05, 0) is 94.5 Å². The van der Waals surface area contributed by atoms with Crippen LogP contribution in [0.15, 0.2) is 130 Å². The Hall–Kier alpha value is -6.10. The molecule has 0 saturated heterocycles. The highest BCUT2D eigenvalue weighted by molar-refractivity contribution is 6.10. The van der Waals surface area contributed by atoms with E-state index in [0.29, 0.717) is 11.1 Å². The molecule has 6 aromatic carbocycles. The lowest BCUT2D eigenvalue weighted by atomic mass is 9.92. The van der Waals surface area contributed by atoms with Crippen LogP contribution in [0.4, 0.5) is 0 Å². The number of rotatable bonds is 3. The topological polar surface area (TPSA) is 73.9 Å². The summed E-state index contributed by atoms with van der Waals surface area (Å²) in [4.78, 5) is 0. The first kappa shape index (κ1) is 23.8. The molecular formula is C38H20N2O2. The zero-order chi connectivity index (χ0) is 28.2. The Kier molecular flexibility index (Phi) is 5.22. The van der Waals surface area contributed by atoms with E-state index >= 15 is 0 Å². The summed E-state index contributed by atoms with van der Waals surface area (Å²) in [6.45, 7) is 0. The van der Waals surface area contributed by atoms with Crippen molar-refractivity contribution in [3.8, 4) is 45.5 Å². The first-order chi connectivity index (χ1) is 20.7. The maximum atomic E-state index is 9.57. The summed E-state index contributed by atoms with van der Waals surface area (Å²) in [7, 11) is 0. The smallest absolute Gasteiger partial charge is 0.143 e. The van der Waals surface area contributed by atoms with Crippen molar-refractivity contribution in [1.82, 2.24) is 0 Å². The van der Waals surface area contributed by atoms with Gasteiger partial charge in [-0.25, -0.2) is 0 Å². The van der Waals surface area contributed by atoms with Crippen LogP contribution < -0.4 is 0 Å². The maximum Gasteiger partial charge on any atom is 0.143 e. The van der Waals surface area contributed by atoms with Crippen LogP contribution in [0.1, 0.15) is 11.1 Å². The lowest BCUT2D eigenvalue weighted by Gasteiger charge is -2.12. The summed E-state index contributed by atoms with van der Waals surface area (Å²) in [5, 5.41) is 23.1. The molecule has 42 heavy (non-hydrogen) atoms. The van der Waals surface area contributed by atoms with Crippen LogP contribution >= 0.6 is 0 Å². The molecule has 0 spiro atoms. The van der Waals surface area contributed by atoms with E-state index in [-0.39, 0.29) is 0 Å². The summed E-state index contributed by atoms with van der Waals surface area (Å²) < 4.78 is 12.6. The largest absolute Gasteiger partial charge is 0.456 e. The van der Waals surface area contributed by atoms with Gasteiger partial charge in [-0.3, -0.25) is 0 Å². The molecule has 194 valence electrons. The standard InChI is InChI=1S/C38H20N2O2/c39-21-23-5-3-6-25(15-23)27-17-28(26-12-13-32-31-7-1-2-10-35(31)41-37(32)20-26)19-29(18-27)30-8-4-9-33-34-16-24(22-40)11-14-36(34)42-38(30)33/h1-20H. The molecular weight excluding hydrogens is 516 g/mol. The van der Waals surface area contributed by atoms with Crippen molar-refractivity contribution >= 4 is 43.9 Å². The average molecular weight is 537 g/mol. The molecule has 0 N–H and O–H groups in total. The summed E-state index contributed by atoms with van der Waals surface area (Å²) >= 11 is 0. The number of nitrogens with zero attached hydrogens (tertiary/aromatic N) is 2. The molecule has 0 aliphatic heterocycles. The fraction of sp³-hybridized carbons (Fsp3) is 0. The number of hydrogen-bond acceptors (Lipinski definition) is 4. The van der Waals surface area contributed by atoms with Gasteiger partial charge in [-0.15, -0.1) is 0 Å². The SMILES string of the molecule is N#Cc1cccc(-c2cc(-c3ccc4c(c3)oc3ccccc34)cc(-c3cccc4c3oc3ccc(C#N)cc34)c2)c1. The van der Waals surface area contributed by atoms with E-state index < -0.39 is 0 Å². The zero-order valence-corrected chi connectivity index (χ0v) is 22.3. The molecule has 0 bridgehead atoms. The van der Waals surface area contributed by atoms with Crippen molar-refractivity contribution in [2.75, 3.05) is 0 Å². The van der Waals surface area contributed by atoms with Crippen molar-refractivity contribution in [3.63, 3.8) is 0 Å². The molecule has 0 radical (unpaired) electrons. The second-order valence-electron chi connectivity index (χ2n) is 10.4. The minimum Gasteiger partial charge on any atom is -0.456 e. The van der Waals surface area contributed by atoms with E-state index in [4.69, 9.17) is 8.83 Å². The van der Waals surface area contributed by atoms with E-state index in [1.165, 1.54) is 0 Å². The number of furan rings is 2. The Bertz CT molecular complexity index is 2450. The van der Waals surface area contributed by atoms with E-state index in [1.54, 1.807) is 6.07 Å². The van der Waals surface area contributed by atoms with Gasteiger partial charge < -0.3 is 8.83 Å². The van der Waals surface area contributed by atoms with Gasteiger partial charge in [-0.1, -0.05) is 54.6 Å². The molecule has 0 aliphatic rings. The summed E-state index contributed by atoms with van der Waals surface area (Å²) in [6.07, 6.45) is 0. The van der Waals surface area contributed by atoms with Gasteiger partial charge in [0.15, 0.2) is 0 Å². The van der Waals surface area contributed by atoms with Gasteiger partial charge in [0.2, 0.25) is 0 Å². The number of hydrogen-bond donors (Lipinski definition) is 0. The Balaban J connectivity index is 1.37. The Labute approximate surface area is 240 Å². The van der Waals surface area contributed by atoms with Gasteiger partial charge in [0.1, 0.15) is 22.3 Å². The zero-order valence-electron chi connectivity index (χ0n) is 22.3. The summed E-state index contributed by atoms with van der Waals surface area (Å²) in [5.41, 5.74) is 10.3. The molecule has 0 amide bonds. The van der Waals surface area contributed by atoms with Crippen LogP contribution in [0.2, 0.25) is 0 Å². The van der Waals surface area contributed by atoms with Crippen molar-refractivity contribution in [2.45, 2.75) is 0 Å². The molecule has 2 aromatic heterocycles. The molecule has 0 saturated carbocycles. The van der Waals surface area contributed by atoms with Crippen LogP contribution in [0.3, 0.4) is 0 Å². The molecule has 0 fully saturated rings. The highest BCUT2D eigenvalue weighted by Crippen LogP contribution is 2.40. The normalized spacial score (nSPS) is 11.3. The Morgan fingerprint density at radius 3 is 1.95 bits per heavy atom. The predicted octanol–water partition coefficient (Wildman–Crippen LogP) is 10.2. The molecule has 2 heterocycles. The molecule has 0 atom stereocenters. The monoisotopic (exact) mass is 536 g/mol. The second-order valence-corrected chi connectivity index (χ2v) is 10.4. The van der Waals surface area contributed by atoms with Crippen molar-refractivity contribution in [1.29, 1.82) is 10.5 Å². The number of fused-ring (bicyclic) bond motifs is 6. The Morgan fingerprint density at radius 2 is 1.10 bits per heavy atom. The quantitative estimate of drug-likeness (QED) is 0.225. The first-order valence-electron chi connectivity index (χ1n) is 13.6. The predicted molar refractivity (Wildman–Crippen MR) is 167 cm³/mol. The minimum absolute atomic E-state index is 0.596. The molecule has 4 nitrogen and oxygen atoms in total. The van der Waals surface area contributed by atoms with E-state index in [2.05, 4.69) is 60.7 Å². The van der Waals surface area contributed by atoms with Crippen LogP contribution in [-0.4, -0.2) is 0 Å². The highest BCUT2D eigenvalue weighted by Gasteiger charge is 2.16.